The van der Waals surface area contributed by atoms with E-state index in [1.165, 1.54) is 0 Å². The number of carbonyl (C=O) groups is 1. The van der Waals surface area contributed by atoms with Gasteiger partial charge in [-0.25, -0.2) is 0 Å². The molecule has 0 unspecified atom stereocenters. The van der Waals surface area contributed by atoms with Gasteiger partial charge in [0.25, 0.3) is 0 Å². The number of benzene rings is 2. The molecule has 2 heterocycles. The number of hydrogen-bond acceptors (Lipinski definition) is 3. The summed E-state index contributed by atoms with van der Waals surface area (Å²) in [5.41, 5.74) is 2.09. The minimum absolute atomic E-state index is 0.00388. The highest BCUT2D eigenvalue weighted by molar-refractivity contribution is 6.31. The molecule has 0 radical (unpaired) electrons. The summed E-state index contributed by atoms with van der Waals surface area (Å²) in [5, 5.41) is 3.81. The van der Waals surface area contributed by atoms with E-state index in [2.05, 4.69) is 16.3 Å². The fourth-order valence-electron chi connectivity index (χ4n) is 3.80. The number of amides is 1. The first kappa shape index (κ1) is 15.3. The van der Waals surface area contributed by atoms with Crippen molar-refractivity contribution < 1.29 is 9.53 Å². The van der Waals surface area contributed by atoms with E-state index in [4.69, 9.17) is 16.3 Å². The summed E-state index contributed by atoms with van der Waals surface area (Å²) in [6, 6.07) is 13.9. The van der Waals surface area contributed by atoms with Gasteiger partial charge < -0.3 is 15.0 Å². The van der Waals surface area contributed by atoms with Gasteiger partial charge in [-0.05, 0) is 37.1 Å². The van der Waals surface area contributed by atoms with E-state index in [0.29, 0.717) is 5.02 Å². The van der Waals surface area contributed by atoms with Crippen LogP contribution >= 0.6 is 11.6 Å². The first-order chi connectivity index (χ1) is 11.6. The minimum Gasteiger partial charge on any atom is -0.455 e. The van der Waals surface area contributed by atoms with Crippen molar-refractivity contribution in [2.75, 3.05) is 11.4 Å². The number of para-hydroxylation sites is 1. The normalized spacial score (nSPS) is 21.7. The van der Waals surface area contributed by atoms with Crippen LogP contribution in [0.15, 0.2) is 42.5 Å². The molecule has 4 rings (SSSR count). The Balaban J connectivity index is 1.88. The fourth-order valence-corrected chi connectivity index (χ4v) is 3.97. The molecule has 2 atom stereocenters. The second kappa shape index (κ2) is 6.02. The number of anilines is 1. The molecule has 2 aromatic rings. The van der Waals surface area contributed by atoms with E-state index in [1.807, 2.05) is 36.4 Å². The van der Waals surface area contributed by atoms with E-state index >= 15 is 0 Å². The van der Waals surface area contributed by atoms with Gasteiger partial charge >= 0.3 is 0 Å². The Morgan fingerprint density at radius 1 is 1.25 bits per heavy atom. The molecule has 1 saturated heterocycles. The summed E-state index contributed by atoms with van der Waals surface area (Å²) in [6.07, 6.45) is 1.96. The third-order valence-electron chi connectivity index (χ3n) is 4.71. The molecule has 0 aliphatic carbocycles. The van der Waals surface area contributed by atoms with Crippen molar-refractivity contribution in [3.63, 3.8) is 0 Å². The number of piperidine rings is 1. The molecule has 0 spiro atoms. The van der Waals surface area contributed by atoms with Crippen molar-refractivity contribution >= 4 is 23.2 Å². The maximum absolute atomic E-state index is 11.7. The second-order valence-corrected chi connectivity index (χ2v) is 6.78. The van der Waals surface area contributed by atoms with Gasteiger partial charge in [0.1, 0.15) is 5.75 Å². The lowest BCUT2D eigenvalue weighted by Crippen LogP contribution is -2.49. The smallest absolute Gasteiger partial charge is 0.217 e. The summed E-state index contributed by atoms with van der Waals surface area (Å²) in [7, 11) is 0. The first-order valence-corrected chi connectivity index (χ1v) is 8.61. The van der Waals surface area contributed by atoms with Crippen molar-refractivity contribution in [3.8, 4) is 11.5 Å². The Hall–Kier alpha value is -2.20. The van der Waals surface area contributed by atoms with Crippen molar-refractivity contribution in [2.45, 2.75) is 31.8 Å². The Bertz CT molecular complexity index is 793. The van der Waals surface area contributed by atoms with Crippen LogP contribution in [0, 0.1) is 0 Å². The number of carbonyl (C=O) groups excluding carboxylic acids is 1. The topological polar surface area (TPSA) is 41.6 Å². The maximum Gasteiger partial charge on any atom is 0.217 e. The van der Waals surface area contributed by atoms with Crippen molar-refractivity contribution in [1.82, 2.24) is 5.32 Å². The number of rotatable bonds is 1. The van der Waals surface area contributed by atoms with Gasteiger partial charge in [0.15, 0.2) is 5.75 Å². The Morgan fingerprint density at radius 3 is 2.92 bits per heavy atom. The molecule has 1 fully saturated rings. The van der Waals surface area contributed by atoms with Gasteiger partial charge in [-0.3, -0.25) is 4.79 Å². The largest absolute Gasteiger partial charge is 0.455 e. The summed E-state index contributed by atoms with van der Waals surface area (Å²) >= 11 is 6.24. The van der Waals surface area contributed by atoms with E-state index in [-0.39, 0.29) is 18.0 Å². The van der Waals surface area contributed by atoms with Gasteiger partial charge in [-0.2, -0.15) is 0 Å². The predicted octanol–water partition coefficient (Wildman–Crippen LogP) is 4.29. The molecule has 0 bridgehead atoms. The van der Waals surface area contributed by atoms with Crippen molar-refractivity contribution in [3.05, 3.63) is 53.1 Å². The Morgan fingerprint density at radius 2 is 2.08 bits per heavy atom. The maximum atomic E-state index is 11.7. The Kier molecular flexibility index (Phi) is 3.85. The van der Waals surface area contributed by atoms with Gasteiger partial charge in [0.05, 0.1) is 17.8 Å². The molecule has 1 N–H and O–H groups in total. The number of nitrogens with one attached hydrogen (secondary N) is 1. The van der Waals surface area contributed by atoms with E-state index in [9.17, 15) is 4.79 Å². The van der Waals surface area contributed by atoms with E-state index in [1.54, 1.807) is 6.92 Å². The number of halogens is 1. The van der Waals surface area contributed by atoms with Gasteiger partial charge in [-0.1, -0.05) is 29.8 Å². The average Bonchev–Trinajstić information content (AvgIpc) is 2.70. The molecule has 0 saturated carbocycles. The van der Waals surface area contributed by atoms with Crippen LogP contribution in [0.3, 0.4) is 0 Å². The highest BCUT2D eigenvalue weighted by Gasteiger charge is 2.38. The highest BCUT2D eigenvalue weighted by atomic mass is 35.5. The number of nitrogens with zero attached hydrogens (tertiary/aromatic N) is 1. The predicted molar refractivity (Wildman–Crippen MR) is 94.9 cm³/mol. The van der Waals surface area contributed by atoms with Crippen LogP contribution in [-0.2, 0) is 4.79 Å². The number of ether oxygens (including phenoxy) is 1. The molecule has 0 aromatic heterocycles. The van der Waals surface area contributed by atoms with Crippen LogP contribution in [0.4, 0.5) is 5.69 Å². The zero-order chi connectivity index (χ0) is 16.7. The highest BCUT2D eigenvalue weighted by Crippen LogP contribution is 2.48. The van der Waals surface area contributed by atoms with Gasteiger partial charge in [0.2, 0.25) is 5.91 Å². The zero-order valence-corrected chi connectivity index (χ0v) is 14.2. The fraction of sp³-hybridized carbons (Fsp3) is 0.316. The molecule has 2 aliphatic heterocycles. The molecule has 1 amide bonds. The van der Waals surface area contributed by atoms with Crippen LogP contribution in [0.1, 0.15) is 31.4 Å². The molecular formula is C19H19ClN2O2. The number of fused-ring (bicyclic) bond motifs is 5. The third kappa shape index (κ3) is 2.61. The lowest BCUT2D eigenvalue weighted by atomic mass is 9.89. The van der Waals surface area contributed by atoms with Gasteiger partial charge in [-0.15, -0.1) is 0 Å². The summed E-state index contributed by atoms with van der Waals surface area (Å²) in [5.74, 6) is 1.64. The van der Waals surface area contributed by atoms with E-state index in [0.717, 1.165) is 42.1 Å². The Labute approximate surface area is 146 Å². The zero-order valence-electron chi connectivity index (χ0n) is 13.5. The molecule has 24 heavy (non-hydrogen) atoms. The minimum atomic E-state index is -0.00388. The molecule has 5 heteroatoms. The lowest BCUT2D eigenvalue weighted by molar-refractivity contribution is -0.119. The van der Waals surface area contributed by atoms with Crippen LogP contribution in [0.2, 0.25) is 5.02 Å². The lowest BCUT2D eigenvalue weighted by Gasteiger charge is -2.42. The van der Waals surface area contributed by atoms with Crippen LogP contribution < -0.4 is 15.0 Å². The summed E-state index contributed by atoms with van der Waals surface area (Å²) in [4.78, 5) is 14.0. The molecule has 2 aliphatic rings. The SMILES string of the molecule is CC(=O)N[C@@H]1CCCN2c3cc(Cl)ccc3Oc3ccccc3[C@H]12. The quantitative estimate of drug-likeness (QED) is 0.840. The molecular weight excluding hydrogens is 324 g/mol. The van der Waals surface area contributed by atoms with Gasteiger partial charge in [0, 0.05) is 24.1 Å². The second-order valence-electron chi connectivity index (χ2n) is 6.34. The number of hydrogen-bond donors (Lipinski definition) is 1. The first-order valence-electron chi connectivity index (χ1n) is 8.23. The van der Waals surface area contributed by atoms with Crippen molar-refractivity contribution in [2.24, 2.45) is 0 Å². The third-order valence-corrected chi connectivity index (χ3v) is 4.94. The molecule has 2 aromatic carbocycles. The average molecular weight is 343 g/mol. The molecule has 4 nitrogen and oxygen atoms in total. The van der Waals surface area contributed by atoms with Crippen LogP contribution in [0.25, 0.3) is 0 Å². The van der Waals surface area contributed by atoms with Crippen molar-refractivity contribution in [1.29, 1.82) is 0 Å². The monoisotopic (exact) mass is 342 g/mol. The summed E-state index contributed by atoms with van der Waals surface area (Å²) in [6.45, 7) is 2.48. The summed E-state index contributed by atoms with van der Waals surface area (Å²) < 4.78 is 6.19. The van der Waals surface area contributed by atoms with E-state index < -0.39 is 0 Å². The molecule has 124 valence electrons. The van der Waals surface area contributed by atoms with Crippen LogP contribution in [0.5, 0.6) is 11.5 Å². The van der Waals surface area contributed by atoms with Crippen LogP contribution in [-0.4, -0.2) is 18.5 Å². The standard InChI is InChI=1S/C19H19ClN2O2/c1-12(23)21-15-6-4-10-22-16-11-13(20)8-9-18(16)24-17-7-3-2-5-14(17)19(15)22/h2-3,5,7-9,11,15,19H,4,6,10H2,1H3,(H,21,23)/t15-,19-/m1/s1.